The zero-order valence-corrected chi connectivity index (χ0v) is 14.0. The molecule has 0 spiro atoms. The molecule has 3 aromatic rings. The van der Waals surface area contributed by atoms with Crippen molar-refractivity contribution >= 4 is 28.9 Å². The van der Waals surface area contributed by atoms with Crippen LogP contribution in [0.15, 0.2) is 66.9 Å². The van der Waals surface area contributed by atoms with Crippen LogP contribution in [0.3, 0.4) is 0 Å². The van der Waals surface area contributed by atoms with E-state index >= 15 is 0 Å². The van der Waals surface area contributed by atoms with E-state index in [9.17, 15) is 14.0 Å². The van der Waals surface area contributed by atoms with E-state index in [0.717, 1.165) is 5.69 Å². The second-order valence-electron chi connectivity index (χ2n) is 5.63. The fourth-order valence-electron chi connectivity index (χ4n) is 2.35. The highest BCUT2D eigenvalue weighted by Crippen LogP contribution is 2.19. The molecule has 2 aromatic carbocycles. The van der Waals surface area contributed by atoms with Gasteiger partial charge in [-0.3, -0.25) is 9.59 Å². The molecule has 1 heterocycles. The first-order valence-electron chi connectivity index (χ1n) is 7.93. The fraction of sp³-hybridized carbons (Fsp3) is 0.0500. The number of amides is 1. The molecule has 0 bridgehead atoms. The van der Waals surface area contributed by atoms with Crippen LogP contribution in [0.4, 0.5) is 21.6 Å². The van der Waals surface area contributed by atoms with E-state index in [0.29, 0.717) is 17.1 Å². The molecule has 1 amide bonds. The van der Waals surface area contributed by atoms with Gasteiger partial charge in [-0.05, 0) is 43.3 Å². The van der Waals surface area contributed by atoms with Crippen molar-refractivity contribution in [3.05, 3.63) is 83.8 Å². The molecule has 0 aliphatic carbocycles. The molecular weight excluding hydrogens is 333 g/mol. The zero-order valence-electron chi connectivity index (χ0n) is 14.0. The third-order valence-corrected chi connectivity index (χ3v) is 3.68. The Hall–Kier alpha value is -3.54. The van der Waals surface area contributed by atoms with E-state index in [1.54, 1.807) is 36.4 Å². The number of aromatic nitrogens is 1. The minimum Gasteiger partial charge on any atom is -0.354 e. The lowest BCUT2D eigenvalue weighted by Crippen LogP contribution is -2.14. The van der Waals surface area contributed by atoms with Gasteiger partial charge in [0.05, 0.1) is 17.4 Å². The highest BCUT2D eigenvalue weighted by atomic mass is 19.1. The number of hydrogen-bond donors (Lipinski definition) is 2. The van der Waals surface area contributed by atoms with Crippen molar-refractivity contribution in [2.75, 3.05) is 10.6 Å². The normalized spacial score (nSPS) is 10.2. The Morgan fingerprint density at radius 3 is 2.46 bits per heavy atom. The number of pyridine rings is 1. The van der Waals surface area contributed by atoms with E-state index in [-0.39, 0.29) is 11.3 Å². The predicted octanol–water partition coefficient (Wildman–Crippen LogP) is 4.42. The van der Waals surface area contributed by atoms with Gasteiger partial charge in [-0.2, -0.15) is 0 Å². The highest BCUT2D eigenvalue weighted by molar-refractivity contribution is 6.04. The third kappa shape index (κ3) is 4.10. The molecule has 1 aromatic heterocycles. The van der Waals surface area contributed by atoms with Gasteiger partial charge in [0.25, 0.3) is 5.91 Å². The van der Waals surface area contributed by atoms with Crippen LogP contribution in [-0.4, -0.2) is 16.7 Å². The first-order chi connectivity index (χ1) is 12.5. The third-order valence-electron chi connectivity index (χ3n) is 3.68. The van der Waals surface area contributed by atoms with Crippen LogP contribution in [0.25, 0.3) is 0 Å². The number of benzene rings is 2. The number of halogens is 1. The van der Waals surface area contributed by atoms with Crippen LogP contribution in [0.2, 0.25) is 0 Å². The van der Waals surface area contributed by atoms with E-state index in [1.807, 2.05) is 6.07 Å². The minimum absolute atomic E-state index is 0.0158. The maximum Gasteiger partial charge on any atom is 0.259 e. The van der Waals surface area contributed by atoms with Gasteiger partial charge in [0.1, 0.15) is 11.6 Å². The Labute approximate surface area is 149 Å². The SMILES string of the molecule is CC(=O)c1cccc(Nc2ccc(NC(=O)c3ccccc3F)nc2)c1. The molecule has 0 radical (unpaired) electrons. The molecule has 0 fully saturated rings. The van der Waals surface area contributed by atoms with Gasteiger partial charge in [-0.25, -0.2) is 9.37 Å². The molecule has 0 saturated heterocycles. The molecule has 26 heavy (non-hydrogen) atoms. The summed E-state index contributed by atoms with van der Waals surface area (Å²) in [6.45, 7) is 1.51. The van der Waals surface area contributed by atoms with Gasteiger partial charge in [0.15, 0.2) is 5.78 Å². The molecule has 0 saturated carbocycles. The lowest BCUT2D eigenvalue weighted by Gasteiger charge is -2.09. The van der Waals surface area contributed by atoms with Gasteiger partial charge >= 0.3 is 0 Å². The van der Waals surface area contributed by atoms with Crippen LogP contribution >= 0.6 is 0 Å². The maximum atomic E-state index is 13.6. The Morgan fingerprint density at radius 1 is 0.962 bits per heavy atom. The summed E-state index contributed by atoms with van der Waals surface area (Å²) in [5.74, 6) is -0.863. The summed E-state index contributed by atoms with van der Waals surface area (Å²) in [5, 5.41) is 5.68. The molecule has 6 heteroatoms. The Kier molecular flexibility index (Phi) is 5.03. The molecule has 0 unspecified atom stereocenters. The van der Waals surface area contributed by atoms with Crippen molar-refractivity contribution in [1.29, 1.82) is 0 Å². The second-order valence-corrected chi connectivity index (χ2v) is 5.63. The van der Waals surface area contributed by atoms with Gasteiger partial charge in [0, 0.05) is 11.3 Å². The first kappa shape index (κ1) is 17.3. The number of ketones is 1. The molecule has 3 rings (SSSR count). The molecular formula is C20H16FN3O2. The van der Waals surface area contributed by atoms with E-state index in [2.05, 4.69) is 15.6 Å². The quantitative estimate of drug-likeness (QED) is 0.669. The Morgan fingerprint density at radius 2 is 1.77 bits per heavy atom. The zero-order chi connectivity index (χ0) is 18.5. The smallest absolute Gasteiger partial charge is 0.259 e. The monoisotopic (exact) mass is 349 g/mol. The number of nitrogens with zero attached hydrogens (tertiary/aromatic N) is 1. The topological polar surface area (TPSA) is 71.1 Å². The molecule has 5 nitrogen and oxygen atoms in total. The first-order valence-corrected chi connectivity index (χ1v) is 7.93. The fourth-order valence-corrected chi connectivity index (χ4v) is 2.35. The summed E-state index contributed by atoms with van der Waals surface area (Å²) in [7, 11) is 0. The summed E-state index contributed by atoms with van der Waals surface area (Å²) in [4.78, 5) is 27.6. The molecule has 0 atom stereocenters. The summed E-state index contributed by atoms with van der Waals surface area (Å²) >= 11 is 0. The van der Waals surface area contributed by atoms with Crippen LogP contribution in [-0.2, 0) is 0 Å². The number of hydrogen-bond acceptors (Lipinski definition) is 4. The average molecular weight is 349 g/mol. The lowest BCUT2D eigenvalue weighted by atomic mass is 10.1. The second kappa shape index (κ2) is 7.57. The van der Waals surface area contributed by atoms with E-state index < -0.39 is 11.7 Å². The van der Waals surface area contributed by atoms with Gasteiger partial charge in [-0.15, -0.1) is 0 Å². The van der Waals surface area contributed by atoms with Crippen molar-refractivity contribution in [2.45, 2.75) is 6.92 Å². The molecule has 2 N–H and O–H groups in total. The Balaban J connectivity index is 1.69. The van der Waals surface area contributed by atoms with Gasteiger partial charge in [0.2, 0.25) is 0 Å². The van der Waals surface area contributed by atoms with Gasteiger partial charge < -0.3 is 10.6 Å². The van der Waals surface area contributed by atoms with Crippen molar-refractivity contribution < 1.29 is 14.0 Å². The van der Waals surface area contributed by atoms with Gasteiger partial charge in [-0.1, -0.05) is 24.3 Å². The highest BCUT2D eigenvalue weighted by Gasteiger charge is 2.11. The maximum absolute atomic E-state index is 13.6. The number of carbonyl (C=O) groups excluding carboxylic acids is 2. The number of anilines is 3. The molecule has 130 valence electrons. The lowest BCUT2D eigenvalue weighted by molar-refractivity contribution is 0.101. The Bertz CT molecular complexity index is 955. The van der Waals surface area contributed by atoms with Crippen molar-refractivity contribution in [2.24, 2.45) is 0 Å². The van der Waals surface area contributed by atoms with Crippen molar-refractivity contribution in [1.82, 2.24) is 4.98 Å². The van der Waals surface area contributed by atoms with E-state index in [1.165, 1.54) is 31.3 Å². The van der Waals surface area contributed by atoms with E-state index in [4.69, 9.17) is 0 Å². The van der Waals surface area contributed by atoms with Crippen LogP contribution in [0.5, 0.6) is 0 Å². The number of nitrogens with one attached hydrogen (secondary N) is 2. The summed E-state index contributed by atoms with van der Waals surface area (Å²) in [6, 6.07) is 16.2. The van der Waals surface area contributed by atoms with Crippen molar-refractivity contribution in [3.8, 4) is 0 Å². The number of Topliss-reactive ketones (excluding diaryl/α,β-unsaturated/α-hetero) is 1. The molecule has 0 aliphatic rings. The summed E-state index contributed by atoms with van der Waals surface area (Å²) < 4.78 is 13.6. The van der Waals surface area contributed by atoms with Crippen LogP contribution in [0, 0.1) is 5.82 Å². The van der Waals surface area contributed by atoms with Crippen LogP contribution < -0.4 is 10.6 Å². The summed E-state index contributed by atoms with van der Waals surface area (Å²) in [5.41, 5.74) is 2.01. The van der Waals surface area contributed by atoms with Crippen molar-refractivity contribution in [3.63, 3.8) is 0 Å². The molecule has 0 aliphatic heterocycles. The largest absolute Gasteiger partial charge is 0.354 e. The predicted molar refractivity (Wildman–Crippen MR) is 98.3 cm³/mol. The summed E-state index contributed by atoms with van der Waals surface area (Å²) in [6.07, 6.45) is 1.54. The number of rotatable bonds is 5. The number of carbonyl (C=O) groups is 2. The standard InChI is InChI=1S/C20H16FN3O2/c1-13(25)14-5-4-6-15(11-14)23-16-9-10-19(22-12-16)24-20(26)17-7-2-3-8-18(17)21/h2-12,23H,1H3,(H,22,24,26). The minimum atomic E-state index is -0.589. The van der Waals surface area contributed by atoms with Crippen LogP contribution in [0.1, 0.15) is 27.6 Å². The average Bonchev–Trinajstić information content (AvgIpc) is 2.64.